The largest absolute Gasteiger partial charge is 0.306 e. The molecule has 1 aromatic carbocycles. The van der Waals surface area contributed by atoms with Crippen LogP contribution in [-0.4, -0.2) is 74.9 Å². The molecule has 0 atom stereocenters. The number of hydrogen-bond donors (Lipinski definition) is 0. The molecule has 0 aliphatic carbocycles. The fourth-order valence-electron chi connectivity index (χ4n) is 3.77. The van der Waals surface area contributed by atoms with E-state index < -0.39 is 15.8 Å². The molecule has 3 rings (SSSR count). The number of likely N-dealkylation sites (N-methyl/N-ethyl adjacent to an activating group) is 1. The maximum Gasteiger partial charge on any atom is 0.244 e. The third kappa shape index (κ3) is 3.45. The van der Waals surface area contributed by atoms with Crippen molar-refractivity contribution in [3.8, 4) is 0 Å². The lowest BCUT2D eigenvalue weighted by atomic mass is 9.84. The van der Waals surface area contributed by atoms with Crippen molar-refractivity contribution in [2.24, 2.45) is 0 Å². The molecule has 8 heteroatoms. The first-order valence-electron chi connectivity index (χ1n) is 8.51. The third-order valence-corrected chi connectivity index (χ3v) is 8.02. The van der Waals surface area contributed by atoms with Gasteiger partial charge in [-0.2, -0.15) is 4.31 Å². The van der Waals surface area contributed by atoms with Crippen molar-refractivity contribution >= 4 is 21.6 Å². The Labute approximate surface area is 154 Å². The van der Waals surface area contributed by atoms with Gasteiger partial charge in [0.05, 0.1) is 5.02 Å². The average Bonchev–Trinajstić information content (AvgIpc) is 2.56. The van der Waals surface area contributed by atoms with E-state index in [4.69, 9.17) is 11.6 Å². The molecule has 0 saturated carbocycles. The Kier molecular flexibility index (Phi) is 5.16. The van der Waals surface area contributed by atoms with Gasteiger partial charge in [0, 0.05) is 25.2 Å². The van der Waals surface area contributed by atoms with E-state index in [-0.39, 0.29) is 21.0 Å². The molecule has 2 heterocycles. The van der Waals surface area contributed by atoms with Gasteiger partial charge in [-0.25, -0.2) is 12.8 Å². The predicted molar refractivity (Wildman–Crippen MR) is 97.0 cm³/mol. The summed E-state index contributed by atoms with van der Waals surface area (Å²) in [5.74, 6) is -0.492. The standard InChI is InChI=1S/C17H25ClFN3O2S/c1-13-10-16(14(18)11-15(13)19)25(23,24)22-9-8-21(3)17(12-22)4-6-20(2)7-5-17/h10-11H,4-9,12H2,1-3H3. The lowest BCUT2D eigenvalue weighted by Gasteiger charge is -2.52. The number of piperazine rings is 1. The van der Waals surface area contributed by atoms with E-state index in [1.165, 1.54) is 10.4 Å². The van der Waals surface area contributed by atoms with Gasteiger partial charge in [-0.3, -0.25) is 4.90 Å². The van der Waals surface area contributed by atoms with Crippen molar-refractivity contribution < 1.29 is 12.8 Å². The van der Waals surface area contributed by atoms with E-state index in [2.05, 4.69) is 23.9 Å². The Morgan fingerprint density at radius 1 is 1.12 bits per heavy atom. The molecule has 0 amide bonds. The first-order chi connectivity index (χ1) is 11.7. The van der Waals surface area contributed by atoms with Gasteiger partial charge in [-0.1, -0.05) is 11.6 Å². The molecular weight excluding hydrogens is 365 g/mol. The highest BCUT2D eigenvalue weighted by Gasteiger charge is 2.45. The monoisotopic (exact) mass is 389 g/mol. The van der Waals surface area contributed by atoms with Crippen molar-refractivity contribution in [2.75, 3.05) is 46.8 Å². The van der Waals surface area contributed by atoms with Gasteiger partial charge in [0.25, 0.3) is 0 Å². The molecule has 140 valence electrons. The number of piperidine rings is 1. The number of halogens is 2. The van der Waals surface area contributed by atoms with Gasteiger partial charge in [-0.05, 0) is 64.6 Å². The van der Waals surface area contributed by atoms with E-state index in [1.807, 2.05) is 0 Å². The Hall–Kier alpha value is -0.730. The summed E-state index contributed by atoms with van der Waals surface area (Å²) < 4.78 is 41.5. The van der Waals surface area contributed by atoms with Crippen molar-refractivity contribution in [2.45, 2.75) is 30.2 Å². The van der Waals surface area contributed by atoms with Gasteiger partial charge in [0.2, 0.25) is 10.0 Å². The van der Waals surface area contributed by atoms with E-state index in [0.29, 0.717) is 19.6 Å². The molecule has 2 aliphatic rings. The van der Waals surface area contributed by atoms with Crippen molar-refractivity contribution in [3.05, 3.63) is 28.5 Å². The van der Waals surface area contributed by atoms with Crippen molar-refractivity contribution in [1.29, 1.82) is 0 Å². The van der Waals surface area contributed by atoms with Crippen LogP contribution in [0.5, 0.6) is 0 Å². The quantitative estimate of drug-likeness (QED) is 0.777. The molecule has 0 radical (unpaired) electrons. The number of benzene rings is 1. The van der Waals surface area contributed by atoms with E-state index in [1.54, 1.807) is 6.92 Å². The van der Waals surface area contributed by atoms with Gasteiger partial charge < -0.3 is 4.90 Å². The van der Waals surface area contributed by atoms with Crippen LogP contribution in [0.2, 0.25) is 5.02 Å². The summed E-state index contributed by atoms with van der Waals surface area (Å²) >= 11 is 6.07. The van der Waals surface area contributed by atoms with E-state index in [9.17, 15) is 12.8 Å². The van der Waals surface area contributed by atoms with Crippen molar-refractivity contribution in [3.63, 3.8) is 0 Å². The molecule has 5 nitrogen and oxygen atoms in total. The van der Waals surface area contributed by atoms with Crippen LogP contribution in [0.25, 0.3) is 0 Å². The minimum absolute atomic E-state index is 0.000646. The number of likely N-dealkylation sites (tertiary alicyclic amines) is 1. The van der Waals surface area contributed by atoms with Gasteiger partial charge in [-0.15, -0.1) is 0 Å². The van der Waals surface area contributed by atoms with Crippen LogP contribution in [0, 0.1) is 12.7 Å². The highest BCUT2D eigenvalue weighted by atomic mass is 35.5. The average molecular weight is 390 g/mol. The molecule has 0 unspecified atom stereocenters. The summed E-state index contributed by atoms with van der Waals surface area (Å²) in [4.78, 5) is 4.57. The third-order valence-electron chi connectivity index (χ3n) is 5.71. The molecule has 2 aliphatic heterocycles. The highest BCUT2D eigenvalue weighted by molar-refractivity contribution is 7.89. The summed E-state index contributed by atoms with van der Waals surface area (Å²) in [6.07, 6.45) is 1.87. The van der Waals surface area contributed by atoms with Crippen LogP contribution in [0.1, 0.15) is 18.4 Å². The Morgan fingerprint density at radius 2 is 1.76 bits per heavy atom. The zero-order valence-corrected chi connectivity index (χ0v) is 16.5. The smallest absolute Gasteiger partial charge is 0.244 e. The number of sulfonamides is 1. The fourth-order valence-corrected chi connectivity index (χ4v) is 5.86. The molecule has 1 spiro atoms. The topological polar surface area (TPSA) is 43.9 Å². The summed E-state index contributed by atoms with van der Waals surface area (Å²) in [7, 11) is 0.412. The number of rotatable bonds is 2. The first kappa shape index (κ1) is 19.0. The second-order valence-corrected chi connectivity index (χ2v) is 9.63. The predicted octanol–water partition coefficient (Wildman–Crippen LogP) is 2.19. The normalized spacial score (nSPS) is 23.2. The van der Waals surface area contributed by atoms with Crippen molar-refractivity contribution in [1.82, 2.24) is 14.1 Å². The first-order valence-corrected chi connectivity index (χ1v) is 10.3. The second kappa shape index (κ2) is 6.78. The lowest BCUT2D eigenvalue weighted by Crippen LogP contribution is -2.64. The molecule has 25 heavy (non-hydrogen) atoms. The highest BCUT2D eigenvalue weighted by Crippen LogP contribution is 2.35. The number of hydrogen-bond acceptors (Lipinski definition) is 4. The van der Waals surface area contributed by atoms with Crippen LogP contribution < -0.4 is 0 Å². The molecule has 0 bridgehead atoms. The van der Waals surface area contributed by atoms with Crippen LogP contribution >= 0.6 is 11.6 Å². The maximum atomic E-state index is 13.7. The minimum atomic E-state index is -3.75. The summed E-state index contributed by atoms with van der Waals surface area (Å²) in [5.41, 5.74) is 0.144. The minimum Gasteiger partial charge on any atom is -0.306 e. The Bertz CT molecular complexity index is 763. The SMILES string of the molecule is Cc1cc(S(=O)(=O)N2CCN(C)C3(CCN(C)CC3)C2)c(Cl)cc1F. The number of aryl methyl sites for hydroxylation is 1. The Balaban J connectivity index is 1.92. The molecule has 2 saturated heterocycles. The van der Waals surface area contributed by atoms with Crippen LogP contribution in [0.15, 0.2) is 17.0 Å². The molecule has 1 aromatic rings. The van der Waals surface area contributed by atoms with E-state index in [0.717, 1.165) is 32.0 Å². The van der Waals surface area contributed by atoms with Gasteiger partial charge in [0.1, 0.15) is 10.7 Å². The Morgan fingerprint density at radius 3 is 2.40 bits per heavy atom. The fraction of sp³-hybridized carbons (Fsp3) is 0.647. The molecule has 2 fully saturated rings. The van der Waals surface area contributed by atoms with Crippen LogP contribution in [0.4, 0.5) is 4.39 Å². The van der Waals surface area contributed by atoms with Gasteiger partial charge >= 0.3 is 0 Å². The summed E-state index contributed by atoms with van der Waals surface area (Å²) in [6, 6.07) is 2.43. The lowest BCUT2D eigenvalue weighted by molar-refractivity contribution is 0.00214. The zero-order valence-electron chi connectivity index (χ0n) is 14.9. The van der Waals surface area contributed by atoms with E-state index >= 15 is 0 Å². The second-order valence-electron chi connectivity index (χ2n) is 7.32. The zero-order chi connectivity index (χ0) is 18.4. The van der Waals surface area contributed by atoms with Crippen LogP contribution in [-0.2, 0) is 10.0 Å². The number of nitrogens with zero attached hydrogens (tertiary/aromatic N) is 3. The van der Waals surface area contributed by atoms with Crippen LogP contribution in [0.3, 0.4) is 0 Å². The van der Waals surface area contributed by atoms with Gasteiger partial charge in [0.15, 0.2) is 0 Å². The molecular formula is C17H25ClFN3O2S. The molecule has 0 aromatic heterocycles. The summed E-state index contributed by atoms with van der Waals surface area (Å²) in [5, 5.41) is -0.0561. The summed E-state index contributed by atoms with van der Waals surface area (Å²) in [6.45, 7) is 5.01. The molecule has 0 N–H and O–H groups in total. The maximum absolute atomic E-state index is 13.7.